The van der Waals surface area contributed by atoms with E-state index in [0.717, 1.165) is 44.2 Å². The van der Waals surface area contributed by atoms with Gasteiger partial charge in [-0.1, -0.05) is 44.2 Å². The van der Waals surface area contributed by atoms with E-state index in [1.54, 1.807) is 0 Å². The molecular formula is C18H30N2O. The third-order valence-corrected chi connectivity index (χ3v) is 4.20. The minimum absolute atomic E-state index is 0.367. The molecule has 0 amide bonds. The van der Waals surface area contributed by atoms with Gasteiger partial charge in [0.25, 0.3) is 0 Å². The molecule has 0 aliphatic carbocycles. The maximum atomic E-state index is 10.4. The summed E-state index contributed by atoms with van der Waals surface area (Å²) in [5.74, 6) is 1.44. The van der Waals surface area contributed by atoms with Gasteiger partial charge in [0, 0.05) is 13.1 Å². The summed E-state index contributed by atoms with van der Waals surface area (Å²) in [6.45, 7) is 9.68. The molecule has 21 heavy (non-hydrogen) atoms. The van der Waals surface area contributed by atoms with Crippen LogP contribution in [-0.2, 0) is 0 Å². The van der Waals surface area contributed by atoms with E-state index < -0.39 is 0 Å². The first-order valence-corrected chi connectivity index (χ1v) is 8.31. The van der Waals surface area contributed by atoms with Crippen molar-refractivity contribution in [1.29, 1.82) is 0 Å². The van der Waals surface area contributed by atoms with Gasteiger partial charge in [-0.05, 0) is 49.9 Å². The zero-order valence-electron chi connectivity index (χ0n) is 13.5. The number of aliphatic hydroxyl groups excluding tert-OH is 1. The van der Waals surface area contributed by atoms with Crippen LogP contribution in [0.5, 0.6) is 0 Å². The van der Waals surface area contributed by atoms with Crippen LogP contribution in [0, 0.1) is 11.8 Å². The number of piperidine rings is 1. The highest BCUT2D eigenvalue weighted by Gasteiger charge is 2.22. The fraction of sp³-hybridized carbons (Fsp3) is 0.667. The number of nitrogens with zero attached hydrogens (tertiary/aromatic N) is 1. The summed E-state index contributed by atoms with van der Waals surface area (Å²) in [6, 6.07) is 10.0. The van der Waals surface area contributed by atoms with Crippen LogP contribution in [0.1, 0.15) is 38.4 Å². The molecule has 1 saturated heterocycles. The topological polar surface area (TPSA) is 35.5 Å². The van der Waals surface area contributed by atoms with Crippen LogP contribution in [0.25, 0.3) is 0 Å². The number of hydrogen-bond donors (Lipinski definition) is 2. The lowest BCUT2D eigenvalue weighted by Gasteiger charge is -2.34. The number of likely N-dealkylation sites (tertiary alicyclic amines) is 1. The average molecular weight is 290 g/mol. The van der Waals surface area contributed by atoms with Crippen molar-refractivity contribution in [2.45, 2.75) is 32.8 Å². The van der Waals surface area contributed by atoms with Gasteiger partial charge < -0.3 is 15.3 Å². The van der Waals surface area contributed by atoms with E-state index in [2.05, 4.69) is 24.1 Å². The van der Waals surface area contributed by atoms with Crippen LogP contribution in [0.2, 0.25) is 0 Å². The number of nitrogens with one attached hydrogen (secondary N) is 1. The maximum Gasteiger partial charge on any atom is 0.0916 e. The first kappa shape index (κ1) is 16.5. The van der Waals surface area contributed by atoms with E-state index in [9.17, 15) is 5.11 Å². The van der Waals surface area contributed by atoms with Crippen LogP contribution in [0.4, 0.5) is 0 Å². The van der Waals surface area contributed by atoms with Crippen molar-refractivity contribution in [3.63, 3.8) is 0 Å². The molecule has 0 saturated carbocycles. The van der Waals surface area contributed by atoms with Gasteiger partial charge in [-0.3, -0.25) is 0 Å². The molecule has 0 aromatic heterocycles. The van der Waals surface area contributed by atoms with Crippen molar-refractivity contribution in [1.82, 2.24) is 10.2 Å². The summed E-state index contributed by atoms with van der Waals surface area (Å²) < 4.78 is 0. The Morgan fingerprint density at radius 2 is 2.05 bits per heavy atom. The third kappa shape index (κ3) is 5.77. The molecule has 3 nitrogen and oxygen atoms in total. The molecule has 2 N–H and O–H groups in total. The third-order valence-electron chi connectivity index (χ3n) is 4.20. The molecule has 2 rings (SSSR count). The molecule has 1 aromatic carbocycles. The van der Waals surface area contributed by atoms with Gasteiger partial charge in [0.1, 0.15) is 0 Å². The highest BCUT2D eigenvalue weighted by molar-refractivity contribution is 5.17. The van der Waals surface area contributed by atoms with Gasteiger partial charge in [-0.2, -0.15) is 0 Å². The second-order valence-corrected chi connectivity index (χ2v) is 6.75. The van der Waals surface area contributed by atoms with Crippen molar-refractivity contribution in [3.05, 3.63) is 35.9 Å². The molecule has 2 unspecified atom stereocenters. The Bertz CT molecular complexity index is 393. The lowest BCUT2D eigenvalue weighted by Crippen LogP contribution is -2.41. The largest absolute Gasteiger partial charge is 0.387 e. The molecule has 0 bridgehead atoms. The maximum absolute atomic E-state index is 10.4. The van der Waals surface area contributed by atoms with Crippen LogP contribution >= 0.6 is 0 Å². The smallest absolute Gasteiger partial charge is 0.0916 e. The summed E-state index contributed by atoms with van der Waals surface area (Å²) in [6.07, 6.45) is 2.19. The number of aliphatic hydroxyl groups is 1. The van der Waals surface area contributed by atoms with Crippen LogP contribution < -0.4 is 5.32 Å². The zero-order chi connectivity index (χ0) is 15.1. The van der Waals surface area contributed by atoms with Gasteiger partial charge in [0.05, 0.1) is 6.10 Å². The number of benzene rings is 1. The monoisotopic (exact) mass is 290 g/mol. The van der Waals surface area contributed by atoms with Gasteiger partial charge in [-0.25, -0.2) is 0 Å². The second-order valence-electron chi connectivity index (χ2n) is 6.75. The molecule has 118 valence electrons. The van der Waals surface area contributed by atoms with Crippen molar-refractivity contribution in [2.24, 2.45) is 11.8 Å². The molecular weight excluding hydrogens is 260 g/mol. The van der Waals surface area contributed by atoms with E-state index in [1.165, 1.54) is 12.8 Å². The number of β-amino-alcohol motifs (C(OH)–C–C–N with tert-alkyl or cyclic N) is 1. The standard InChI is InChI=1S/C18H30N2O/c1-15(2)11-19-12-16-7-6-10-20(13-16)14-18(21)17-8-4-3-5-9-17/h3-5,8-9,15-16,18-19,21H,6-7,10-14H2,1-2H3. The van der Waals surface area contributed by atoms with E-state index in [-0.39, 0.29) is 6.10 Å². The van der Waals surface area contributed by atoms with Crippen molar-refractivity contribution in [2.75, 3.05) is 32.7 Å². The molecule has 1 aliphatic rings. The molecule has 1 heterocycles. The van der Waals surface area contributed by atoms with Crippen LogP contribution in [0.15, 0.2) is 30.3 Å². The normalized spacial score (nSPS) is 21.6. The van der Waals surface area contributed by atoms with E-state index in [4.69, 9.17) is 0 Å². The van der Waals surface area contributed by atoms with Crippen molar-refractivity contribution >= 4 is 0 Å². The summed E-state index contributed by atoms with van der Waals surface area (Å²) in [7, 11) is 0. The highest BCUT2D eigenvalue weighted by atomic mass is 16.3. The molecule has 1 aromatic rings. The second kappa shape index (κ2) is 8.52. The Morgan fingerprint density at radius 3 is 2.76 bits per heavy atom. The zero-order valence-corrected chi connectivity index (χ0v) is 13.5. The minimum atomic E-state index is -0.367. The van der Waals surface area contributed by atoms with E-state index >= 15 is 0 Å². The molecule has 1 aliphatic heterocycles. The predicted octanol–water partition coefficient (Wildman–Crippen LogP) is 2.68. The van der Waals surface area contributed by atoms with Gasteiger partial charge in [-0.15, -0.1) is 0 Å². The Hall–Kier alpha value is -0.900. The summed E-state index contributed by atoms with van der Waals surface area (Å²) in [5.41, 5.74) is 1.03. The van der Waals surface area contributed by atoms with Gasteiger partial charge in [0.15, 0.2) is 0 Å². The molecule has 0 spiro atoms. The Morgan fingerprint density at radius 1 is 1.29 bits per heavy atom. The quantitative estimate of drug-likeness (QED) is 0.810. The summed E-state index contributed by atoms with van der Waals surface area (Å²) in [4.78, 5) is 2.42. The fourth-order valence-corrected chi connectivity index (χ4v) is 3.09. The van der Waals surface area contributed by atoms with Gasteiger partial charge >= 0.3 is 0 Å². The Labute approximate surface area is 129 Å². The Kier molecular flexibility index (Phi) is 6.68. The highest BCUT2D eigenvalue weighted by Crippen LogP contribution is 2.20. The van der Waals surface area contributed by atoms with E-state index in [1.807, 2.05) is 30.3 Å². The van der Waals surface area contributed by atoms with Crippen molar-refractivity contribution in [3.8, 4) is 0 Å². The van der Waals surface area contributed by atoms with Crippen LogP contribution in [0.3, 0.4) is 0 Å². The lowest BCUT2D eigenvalue weighted by atomic mass is 9.97. The first-order valence-electron chi connectivity index (χ1n) is 8.31. The summed E-state index contributed by atoms with van der Waals surface area (Å²) in [5, 5.41) is 13.9. The predicted molar refractivity (Wildman–Crippen MR) is 88.3 cm³/mol. The first-order chi connectivity index (χ1) is 10.1. The number of hydrogen-bond acceptors (Lipinski definition) is 3. The molecule has 2 atom stereocenters. The molecule has 1 fully saturated rings. The van der Waals surface area contributed by atoms with Crippen molar-refractivity contribution < 1.29 is 5.11 Å². The van der Waals surface area contributed by atoms with Crippen LogP contribution in [-0.4, -0.2) is 42.7 Å². The van der Waals surface area contributed by atoms with Gasteiger partial charge in [0.2, 0.25) is 0 Å². The Balaban J connectivity index is 1.76. The minimum Gasteiger partial charge on any atom is -0.387 e. The number of rotatable bonds is 7. The summed E-state index contributed by atoms with van der Waals surface area (Å²) >= 11 is 0. The molecule has 3 heteroatoms. The SMILES string of the molecule is CC(C)CNCC1CCCN(CC(O)c2ccccc2)C1. The fourth-order valence-electron chi connectivity index (χ4n) is 3.09. The average Bonchev–Trinajstić information content (AvgIpc) is 2.48. The van der Waals surface area contributed by atoms with E-state index in [0.29, 0.717) is 5.92 Å². The lowest BCUT2D eigenvalue weighted by molar-refractivity contribution is 0.0840. The molecule has 0 radical (unpaired) electrons.